The Morgan fingerprint density at radius 1 is 1.25 bits per heavy atom. The number of aliphatic hydroxyl groups is 3. The van der Waals surface area contributed by atoms with E-state index in [1.807, 2.05) is 0 Å². The van der Waals surface area contributed by atoms with Gasteiger partial charge in [0.05, 0.1) is 35.4 Å². The summed E-state index contributed by atoms with van der Waals surface area (Å²) in [4.78, 5) is -0.170. The third kappa shape index (κ3) is 3.40. The Morgan fingerprint density at radius 2 is 1.75 bits per heavy atom. The maximum atomic E-state index is 12.2. The Bertz CT molecular complexity index is 555. The molecule has 0 atom stereocenters. The van der Waals surface area contributed by atoms with Gasteiger partial charge in [-0.05, 0) is 24.6 Å². The minimum atomic E-state index is -4.08. The minimum Gasteiger partial charge on any atom is -0.397 e. The monoisotopic (exact) mass is 324 g/mol. The fourth-order valence-electron chi connectivity index (χ4n) is 1.51. The van der Waals surface area contributed by atoms with Gasteiger partial charge in [-0.25, -0.2) is 8.42 Å². The summed E-state index contributed by atoms with van der Waals surface area (Å²) in [7, 11) is -4.08. The zero-order chi connectivity index (χ0) is 15.6. The van der Waals surface area contributed by atoms with Crippen molar-refractivity contribution in [3.63, 3.8) is 0 Å². The maximum Gasteiger partial charge on any atom is 0.241 e. The van der Waals surface area contributed by atoms with E-state index in [0.717, 1.165) is 6.07 Å². The minimum absolute atomic E-state index is 0.0923. The molecule has 0 aromatic heterocycles. The first-order valence-corrected chi connectivity index (χ1v) is 7.49. The topological polar surface area (TPSA) is 133 Å². The highest BCUT2D eigenvalue weighted by Crippen LogP contribution is 2.27. The van der Waals surface area contributed by atoms with E-state index in [0.29, 0.717) is 5.56 Å². The average molecular weight is 325 g/mol. The van der Waals surface area contributed by atoms with Crippen LogP contribution < -0.4 is 10.5 Å². The van der Waals surface area contributed by atoms with Crippen LogP contribution in [0.25, 0.3) is 0 Å². The van der Waals surface area contributed by atoms with Crippen molar-refractivity contribution in [3.8, 4) is 0 Å². The van der Waals surface area contributed by atoms with Crippen LogP contribution >= 0.6 is 11.6 Å². The highest BCUT2D eigenvalue weighted by Gasteiger charge is 2.34. The number of halogens is 1. The first-order valence-electron chi connectivity index (χ1n) is 5.63. The SMILES string of the molecule is Cc1cc(S(=O)(=O)NC(CO)(CO)CO)cc(N)c1Cl. The molecule has 20 heavy (non-hydrogen) atoms. The Balaban J connectivity index is 3.24. The standard InChI is InChI=1S/C11H17ClN2O5S/c1-7-2-8(3-9(13)10(7)12)20(18,19)14-11(4-15,5-16)6-17/h2-3,14-17H,4-6,13H2,1H3. The summed E-state index contributed by atoms with van der Waals surface area (Å²) in [5.74, 6) is 0. The first-order chi connectivity index (χ1) is 9.21. The number of hydrogen-bond donors (Lipinski definition) is 5. The lowest BCUT2D eigenvalue weighted by molar-refractivity contribution is 0.0582. The lowest BCUT2D eigenvalue weighted by Crippen LogP contribution is -2.56. The molecule has 0 amide bonds. The molecule has 0 fully saturated rings. The van der Waals surface area contributed by atoms with Gasteiger partial charge in [0.25, 0.3) is 0 Å². The molecule has 0 radical (unpaired) electrons. The summed E-state index contributed by atoms with van der Waals surface area (Å²) in [5, 5.41) is 27.7. The predicted octanol–water partition coefficient (Wildman–Crippen LogP) is -0.775. The van der Waals surface area contributed by atoms with E-state index in [2.05, 4.69) is 4.72 Å². The van der Waals surface area contributed by atoms with E-state index in [4.69, 9.17) is 32.7 Å². The van der Waals surface area contributed by atoms with Gasteiger partial charge >= 0.3 is 0 Å². The number of rotatable bonds is 6. The van der Waals surface area contributed by atoms with Crippen molar-refractivity contribution >= 4 is 27.3 Å². The second kappa shape index (κ2) is 6.25. The van der Waals surface area contributed by atoms with Gasteiger partial charge in [-0.15, -0.1) is 0 Å². The molecule has 0 aliphatic rings. The zero-order valence-electron chi connectivity index (χ0n) is 10.8. The maximum absolute atomic E-state index is 12.2. The molecule has 0 saturated carbocycles. The number of benzene rings is 1. The summed E-state index contributed by atoms with van der Waals surface area (Å²) in [6, 6.07) is 2.46. The second-order valence-corrected chi connectivity index (χ2v) is 6.56. The van der Waals surface area contributed by atoms with Crippen molar-refractivity contribution in [1.82, 2.24) is 4.72 Å². The van der Waals surface area contributed by atoms with Crippen LogP contribution in [-0.4, -0.2) is 49.1 Å². The van der Waals surface area contributed by atoms with Crippen LogP contribution in [0.3, 0.4) is 0 Å². The molecule has 1 rings (SSSR count). The number of nitrogens with one attached hydrogen (secondary N) is 1. The van der Waals surface area contributed by atoms with Gasteiger partial charge in [-0.3, -0.25) is 0 Å². The molecule has 0 heterocycles. The van der Waals surface area contributed by atoms with Crippen LogP contribution in [0.2, 0.25) is 5.02 Å². The molecule has 0 aliphatic heterocycles. The smallest absolute Gasteiger partial charge is 0.241 e. The summed E-state index contributed by atoms with van der Waals surface area (Å²) in [5.41, 5.74) is 4.42. The molecule has 7 nitrogen and oxygen atoms in total. The van der Waals surface area contributed by atoms with E-state index in [1.165, 1.54) is 6.07 Å². The van der Waals surface area contributed by atoms with E-state index in [1.54, 1.807) is 6.92 Å². The summed E-state index contributed by atoms with van der Waals surface area (Å²) >= 11 is 5.85. The molecule has 9 heteroatoms. The molecule has 0 bridgehead atoms. The van der Waals surface area contributed by atoms with Crippen molar-refractivity contribution in [1.29, 1.82) is 0 Å². The molecular formula is C11H17ClN2O5S. The van der Waals surface area contributed by atoms with Gasteiger partial charge in [0.15, 0.2) is 0 Å². The number of nitrogens with two attached hydrogens (primary N) is 1. The second-order valence-electron chi connectivity index (χ2n) is 4.50. The Hall–Kier alpha value is -0.900. The van der Waals surface area contributed by atoms with E-state index < -0.39 is 35.4 Å². The lowest BCUT2D eigenvalue weighted by atomic mass is 10.1. The van der Waals surface area contributed by atoms with Crippen LogP contribution in [0.4, 0.5) is 5.69 Å². The molecule has 114 valence electrons. The highest BCUT2D eigenvalue weighted by atomic mass is 35.5. The molecule has 0 unspecified atom stereocenters. The molecular weight excluding hydrogens is 308 g/mol. The van der Waals surface area contributed by atoms with Gasteiger partial charge in [-0.1, -0.05) is 11.6 Å². The average Bonchev–Trinajstić information content (AvgIpc) is 2.41. The zero-order valence-corrected chi connectivity index (χ0v) is 12.4. The van der Waals surface area contributed by atoms with Gasteiger partial charge < -0.3 is 21.1 Å². The third-order valence-corrected chi connectivity index (χ3v) is 4.90. The number of sulfonamides is 1. The molecule has 1 aromatic rings. The van der Waals surface area contributed by atoms with Crippen LogP contribution in [0, 0.1) is 6.92 Å². The summed E-state index contributed by atoms with van der Waals surface area (Å²) < 4.78 is 26.5. The first kappa shape index (κ1) is 17.2. The number of anilines is 1. The van der Waals surface area contributed by atoms with Crippen molar-refractivity contribution in [3.05, 3.63) is 22.7 Å². The number of aliphatic hydroxyl groups excluding tert-OH is 3. The molecule has 6 N–H and O–H groups in total. The van der Waals surface area contributed by atoms with Gasteiger partial charge in [-0.2, -0.15) is 4.72 Å². The fourth-order valence-corrected chi connectivity index (χ4v) is 3.11. The van der Waals surface area contributed by atoms with E-state index in [9.17, 15) is 8.42 Å². The fraction of sp³-hybridized carbons (Fsp3) is 0.455. The molecule has 0 spiro atoms. The lowest BCUT2D eigenvalue weighted by Gasteiger charge is -2.28. The highest BCUT2D eigenvalue weighted by molar-refractivity contribution is 7.89. The molecule has 0 aliphatic carbocycles. The van der Waals surface area contributed by atoms with Crippen molar-refractivity contribution in [2.24, 2.45) is 0 Å². The molecule has 1 aromatic carbocycles. The van der Waals surface area contributed by atoms with Gasteiger partial charge in [0.2, 0.25) is 10.0 Å². The number of hydrogen-bond acceptors (Lipinski definition) is 6. The Morgan fingerprint density at radius 3 is 2.15 bits per heavy atom. The van der Waals surface area contributed by atoms with Crippen molar-refractivity contribution in [2.45, 2.75) is 17.4 Å². The van der Waals surface area contributed by atoms with Crippen LogP contribution in [-0.2, 0) is 10.0 Å². The quantitative estimate of drug-likeness (QED) is 0.436. The van der Waals surface area contributed by atoms with Crippen LogP contribution in [0.15, 0.2) is 17.0 Å². The van der Waals surface area contributed by atoms with Crippen LogP contribution in [0.5, 0.6) is 0 Å². The van der Waals surface area contributed by atoms with Crippen LogP contribution in [0.1, 0.15) is 5.56 Å². The van der Waals surface area contributed by atoms with E-state index in [-0.39, 0.29) is 15.6 Å². The Labute approximate surface area is 122 Å². The summed E-state index contributed by atoms with van der Waals surface area (Å²) in [6.45, 7) is -0.695. The van der Waals surface area contributed by atoms with Crippen molar-refractivity contribution < 1.29 is 23.7 Å². The van der Waals surface area contributed by atoms with Gasteiger partial charge in [0, 0.05) is 0 Å². The number of nitrogen functional groups attached to an aromatic ring is 1. The summed E-state index contributed by atoms with van der Waals surface area (Å²) in [6.07, 6.45) is 0. The third-order valence-electron chi connectivity index (χ3n) is 2.83. The number of aryl methyl sites for hydroxylation is 1. The van der Waals surface area contributed by atoms with E-state index >= 15 is 0 Å². The molecule has 0 saturated heterocycles. The van der Waals surface area contributed by atoms with Crippen molar-refractivity contribution in [2.75, 3.05) is 25.6 Å². The largest absolute Gasteiger partial charge is 0.397 e. The predicted molar refractivity (Wildman–Crippen MR) is 74.9 cm³/mol. The van der Waals surface area contributed by atoms with Gasteiger partial charge in [0.1, 0.15) is 5.54 Å². The Kier molecular flexibility index (Phi) is 5.36. The normalized spacial score (nSPS) is 12.7.